The first kappa shape index (κ1) is 38.2. The van der Waals surface area contributed by atoms with E-state index in [9.17, 15) is 0 Å². The van der Waals surface area contributed by atoms with Crippen LogP contribution in [0.1, 0.15) is 0 Å². The molecule has 0 aliphatic heterocycles. The van der Waals surface area contributed by atoms with Crippen molar-refractivity contribution in [2.75, 3.05) is 9.80 Å². The second-order valence-corrected chi connectivity index (χ2v) is 19.7. The van der Waals surface area contributed by atoms with E-state index in [0.717, 1.165) is 34.1 Å². The van der Waals surface area contributed by atoms with Crippen molar-refractivity contribution in [3.63, 3.8) is 0 Å². The molecule has 0 atom stereocenters. The Morgan fingerprint density at radius 3 is 0.861 bits per heavy atom. The molecule has 0 saturated carbocycles. The van der Waals surface area contributed by atoms with Crippen molar-refractivity contribution in [2.24, 2.45) is 0 Å². The lowest BCUT2D eigenvalue weighted by atomic mass is 9.78. The van der Waals surface area contributed by atoms with Crippen LogP contribution < -0.4 is 9.80 Å². The molecule has 0 saturated heterocycles. The Labute approximate surface area is 413 Å². The Bertz CT molecular complexity index is 4430. The van der Waals surface area contributed by atoms with Gasteiger partial charge in [0.1, 0.15) is 0 Å². The highest BCUT2D eigenvalue weighted by Gasteiger charge is 2.27. The predicted octanol–water partition coefficient (Wildman–Crippen LogP) is 18.9. The quantitative estimate of drug-likeness (QED) is 0.165. The van der Waals surface area contributed by atoms with Crippen LogP contribution in [-0.4, -0.2) is 8.80 Å². The van der Waals surface area contributed by atoms with Gasteiger partial charge in [0.15, 0.2) is 0 Å². The summed E-state index contributed by atoms with van der Waals surface area (Å²) in [6.07, 6.45) is 0. The number of aromatic nitrogens is 2. The highest BCUT2D eigenvalue weighted by Crippen LogP contribution is 2.52. The molecule has 4 heterocycles. The van der Waals surface area contributed by atoms with Crippen LogP contribution in [0, 0.1) is 0 Å². The molecule has 0 amide bonds. The van der Waals surface area contributed by atoms with Crippen molar-refractivity contribution < 1.29 is 0 Å². The SMILES string of the molecule is c1ccc(N(c2ccc3cc4c(cc3c2)-c2cc3ccc(N(c5ccccc5)c5cc6c7ccccc7n7c8ccccc8c(c5)c67)cc3cc2-4)c2cc3c4ccccc4n4c5ccccc5c(c2)c34)cc1. The molecule has 0 fully saturated rings. The molecule has 1 aliphatic rings. The van der Waals surface area contributed by atoms with E-state index in [4.69, 9.17) is 0 Å². The Morgan fingerprint density at radius 2 is 0.514 bits per heavy atom. The Morgan fingerprint density at radius 1 is 0.208 bits per heavy atom. The van der Waals surface area contributed by atoms with Gasteiger partial charge in [0, 0.05) is 77.2 Å². The second-order valence-electron chi connectivity index (χ2n) is 19.7. The maximum absolute atomic E-state index is 2.45. The van der Waals surface area contributed by atoms with Crippen LogP contribution in [0.4, 0.5) is 34.1 Å². The van der Waals surface area contributed by atoms with Gasteiger partial charge in [-0.1, -0.05) is 121 Å². The third-order valence-electron chi connectivity index (χ3n) is 15.9. The number of nitrogens with zero attached hydrogens (tertiary/aromatic N) is 4. The number of fused-ring (bicyclic) bond motifs is 18. The fourth-order valence-corrected chi connectivity index (χ4v) is 12.9. The largest absolute Gasteiger partial charge is 0.310 e. The molecule has 72 heavy (non-hydrogen) atoms. The van der Waals surface area contributed by atoms with Gasteiger partial charge in [-0.25, -0.2) is 0 Å². The summed E-state index contributed by atoms with van der Waals surface area (Å²) in [5.74, 6) is 0. The summed E-state index contributed by atoms with van der Waals surface area (Å²) in [4.78, 5) is 4.87. The van der Waals surface area contributed by atoms with Crippen LogP contribution in [0.25, 0.3) is 120 Å². The van der Waals surface area contributed by atoms with Crippen LogP contribution in [0.15, 0.2) is 243 Å². The van der Waals surface area contributed by atoms with E-state index in [-0.39, 0.29) is 0 Å². The van der Waals surface area contributed by atoms with Crippen LogP contribution in [-0.2, 0) is 0 Å². The minimum Gasteiger partial charge on any atom is -0.310 e. The molecule has 16 aromatic rings. The lowest BCUT2D eigenvalue weighted by Crippen LogP contribution is -2.10. The second kappa shape index (κ2) is 14.0. The van der Waals surface area contributed by atoms with E-state index in [1.54, 1.807) is 0 Å². The van der Waals surface area contributed by atoms with Crippen molar-refractivity contribution in [1.82, 2.24) is 8.80 Å². The van der Waals surface area contributed by atoms with E-state index in [1.807, 2.05) is 0 Å². The zero-order valence-electron chi connectivity index (χ0n) is 38.9. The maximum Gasteiger partial charge on any atom is 0.0622 e. The number of hydrogen-bond acceptors (Lipinski definition) is 2. The molecule has 0 spiro atoms. The lowest BCUT2D eigenvalue weighted by Gasteiger charge is -2.29. The highest BCUT2D eigenvalue weighted by atomic mass is 15.1. The molecule has 0 radical (unpaired) electrons. The van der Waals surface area contributed by atoms with Gasteiger partial charge in [0.05, 0.1) is 33.1 Å². The molecule has 4 aromatic heterocycles. The van der Waals surface area contributed by atoms with Crippen LogP contribution in [0.3, 0.4) is 0 Å². The first-order valence-corrected chi connectivity index (χ1v) is 24.9. The zero-order valence-corrected chi connectivity index (χ0v) is 38.9. The summed E-state index contributed by atoms with van der Waals surface area (Å²) in [7, 11) is 0. The number of hydrogen-bond donors (Lipinski definition) is 0. The smallest absolute Gasteiger partial charge is 0.0622 e. The van der Waals surface area contributed by atoms with E-state index in [0.29, 0.717) is 0 Å². The van der Waals surface area contributed by atoms with Crippen molar-refractivity contribution in [1.29, 1.82) is 0 Å². The molecule has 332 valence electrons. The first-order valence-electron chi connectivity index (χ1n) is 24.9. The van der Waals surface area contributed by atoms with Gasteiger partial charge in [-0.2, -0.15) is 0 Å². The molecule has 4 nitrogen and oxygen atoms in total. The molecule has 4 heteroatoms. The van der Waals surface area contributed by atoms with Crippen molar-refractivity contribution in [3.8, 4) is 22.3 Å². The monoisotopic (exact) mass is 912 g/mol. The van der Waals surface area contributed by atoms with E-state index < -0.39 is 0 Å². The Balaban J connectivity index is 0.788. The van der Waals surface area contributed by atoms with Gasteiger partial charge in [-0.05, 0) is 165 Å². The third kappa shape index (κ3) is 5.09. The number of rotatable bonds is 6. The standard InChI is InChI=1S/C68H40N4/c1-3-15-45(16-4-1)69(49-37-59-51-19-7-11-23-63(51)71-64-24-12-8-20-52(64)60(38-49)67(59)71)47-29-27-41-33-55-57(35-43(41)31-47)56-34-42-28-30-48(32-44(42)36-58(55)56)70(46-17-5-2-6-18-46)50-39-61-53-21-9-13-25-65(53)72-66-26-14-10-22-54(66)62(40-50)68(61)72/h1-40H. The molecular weight excluding hydrogens is 873 g/mol. The summed E-state index contributed by atoms with van der Waals surface area (Å²) < 4.78 is 4.91. The van der Waals surface area contributed by atoms with Crippen molar-refractivity contribution >= 4 is 132 Å². The van der Waals surface area contributed by atoms with Gasteiger partial charge in [-0.3, -0.25) is 0 Å². The molecule has 12 aromatic carbocycles. The number of para-hydroxylation sites is 6. The third-order valence-corrected chi connectivity index (χ3v) is 15.9. The molecule has 0 unspecified atom stereocenters. The van der Waals surface area contributed by atoms with Gasteiger partial charge < -0.3 is 18.6 Å². The van der Waals surface area contributed by atoms with E-state index >= 15 is 0 Å². The average molecular weight is 913 g/mol. The van der Waals surface area contributed by atoms with Gasteiger partial charge in [0.25, 0.3) is 0 Å². The van der Waals surface area contributed by atoms with E-state index in [1.165, 1.54) is 120 Å². The van der Waals surface area contributed by atoms with Crippen LogP contribution >= 0.6 is 0 Å². The Kier molecular flexibility index (Phi) is 7.44. The van der Waals surface area contributed by atoms with Gasteiger partial charge in [-0.15, -0.1) is 0 Å². The van der Waals surface area contributed by atoms with E-state index in [2.05, 4.69) is 261 Å². The van der Waals surface area contributed by atoms with Crippen molar-refractivity contribution in [2.45, 2.75) is 0 Å². The van der Waals surface area contributed by atoms with Gasteiger partial charge >= 0.3 is 0 Å². The summed E-state index contributed by atoms with van der Waals surface area (Å²) in [5.41, 5.74) is 19.6. The zero-order chi connectivity index (χ0) is 46.8. The summed E-state index contributed by atoms with van der Waals surface area (Å²) in [6.45, 7) is 0. The predicted molar refractivity (Wildman–Crippen MR) is 305 cm³/mol. The normalized spacial score (nSPS) is 12.4. The molecule has 0 bridgehead atoms. The fourth-order valence-electron chi connectivity index (χ4n) is 12.9. The van der Waals surface area contributed by atoms with Crippen LogP contribution in [0.2, 0.25) is 0 Å². The number of anilines is 6. The average Bonchev–Trinajstić information content (AvgIpc) is 4.17. The van der Waals surface area contributed by atoms with Crippen LogP contribution in [0.5, 0.6) is 0 Å². The number of benzene rings is 12. The minimum absolute atomic E-state index is 1.13. The first-order chi connectivity index (χ1) is 35.7. The molecule has 0 N–H and O–H groups in total. The highest BCUT2D eigenvalue weighted by molar-refractivity contribution is 6.26. The molecule has 17 rings (SSSR count). The summed E-state index contributed by atoms with van der Waals surface area (Å²) in [6, 6.07) is 90.2. The fraction of sp³-hybridized carbons (Fsp3) is 0. The topological polar surface area (TPSA) is 15.3 Å². The lowest BCUT2D eigenvalue weighted by molar-refractivity contribution is 1.30. The Hall–Kier alpha value is -9.64. The molecular formula is C68H40N4. The summed E-state index contributed by atoms with van der Waals surface area (Å²) >= 11 is 0. The molecule has 1 aliphatic carbocycles. The van der Waals surface area contributed by atoms with Crippen molar-refractivity contribution in [3.05, 3.63) is 243 Å². The summed E-state index contributed by atoms with van der Waals surface area (Å²) in [5, 5.41) is 15.1. The minimum atomic E-state index is 1.13. The van der Waals surface area contributed by atoms with Gasteiger partial charge in [0.2, 0.25) is 0 Å². The maximum atomic E-state index is 2.45.